The highest BCUT2D eigenvalue weighted by Crippen LogP contribution is 2.29. The molecule has 0 bridgehead atoms. The van der Waals surface area contributed by atoms with Crippen molar-refractivity contribution < 1.29 is 0 Å². The van der Waals surface area contributed by atoms with Crippen LogP contribution in [0.15, 0.2) is 65.5 Å². The second kappa shape index (κ2) is 4.90. The molecule has 0 radical (unpaired) electrons. The molecule has 2 aromatic carbocycles. The maximum Gasteiger partial charge on any atom is 0.0997 e. The molecule has 0 saturated carbocycles. The van der Waals surface area contributed by atoms with Crippen molar-refractivity contribution in [3.8, 4) is 16.9 Å². The van der Waals surface area contributed by atoms with Gasteiger partial charge in [-0.05, 0) is 24.3 Å². The molecule has 94 valence electrons. The molecule has 19 heavy (non-hydrogen) atoms. The second-order valence-corrected chi connectivity index (χ2v) is 5.08. The molecule has 3 rings (SSSR count). The number of nitrogens with zero attached hydrogens (tertiary/aromatic N) is 2. The molecule has 0 spiro atoms. The Kier molecular flexibility index (Phi) is 3.09. The average Bonchev–Trinajstić information content (AvgIpc) is 2.88. The molecule has 0 aliphatic carbocycles. The van der Waals surface area contributed by atoms with Crippen molar-refractivity contribution in [3.63, 3.8) is 0 Å². The maximum absolute atomic E-state index is 5.84. The summed E-state index contributed by atoms with van der Waals surface area (Å²) in [5, 5.41) is 0. The van der Waals surface area contributed by atoms with E-state index in [4.69, 9.17) is 5.73 Å². The van der Waals surface area contributed by atoms with E-state index in [0.717, 1.165) is 27.1 Å². The van der Waals surface area contributed by atoms with Gasteiger partial charge in [-0.25, -0.2) is 4.98 Å². The fraction of sp³-hybridized carbons (Fsp3) is 0. The van der Waals surface area contributed by atoms with Crippen molar-refractivity contribution >= 4 is 21.6 Å². The fourth-order valence-electron chi connectivity index (χ4n) is 2.04. The molecule has 0 amide bonds. The van der Waals surface area contributed by atoms with Crippen molar-refractivity contribution in [1.29, 1.82) is 0 Å². The Morgan fingerprint density at radius 3 is 2.68 bits per heavy atom. The number of anilines is 1. The summed E-state index contributed by atoms with van der Waals surface area (Å²) in [6.45, 7) is 0. The third kappa shape index (κ3) is 2.27. The first-order valence-electron chi connectivity index (χ1n) is 5.89. The van der Waals surface area contributed by atoms with Crippen LogP contribution in [-0.4, -0.2) is 9.55 Å². The predicted molar refractivity (Wildman–Crippen MR) is 81.1 cm³/mol. The van der Waals surface area contributed by atoms with E-state index in [1.807, 2.05) is 53.2 Å². The summed E-state index contributed by atoms with van der Waals surface area (Å²) in [5.74, 6) is 0. The summed E-state index contributed by atoms with van der Waals surface area (Å²) in [5.41, 5.74) is 9.71. The Balaban J connectivity index is 2.16. The number of halogens is 1. The zero-order valence-corrected chi connectivity index (χ0v) is 11.7. The number of nitrogen functional groups attached to an aromatic ring is 1. The Labute approximate surface area is 119 Å². The summed E-state index contributed by atoms with van der Waals surface area (Å²) in [6, 6.07) is 15.8. The third-order valence-corrected chi connectivity index (χ3v) is 3.63. The molecular weight excluding hydrogens is 302 g/mol. The van der Waals surface area contributed by atoms with Gasteiger partial charge in [-0.2, -0.15) is 0 Å². The Morgan fingerprint density at radius 1 is 1.05 bits per heavy atom. The van der Waals surface area contributed by atoms with Crippen LogP contribution in [0.4, 0.5) is 5.69 Å². The SMILES string of the molecule is Nc1cccc(-n2cncc2-c2ccccc2Br)c1. The molecular formula is C15H12BrN3. The van der Waals surface area contributed by atoms with Gasteiger partial charge in [-0.15, -0.1) is 0 Å². The van der Waals surface area contributed by atoms with Crippen molar-refractivity contribution in [2.45, 2.75) is 0 Å². The van der Waals surface area contributed by atoms with Crippen LogP contribution < -0.4 is 5.73 Å². The largest absolute Gasteiger partial charge is 0.399 e. The van der Waals surface area contributed by atoms with Gasteiger partial charge in [0.15, 0.2) is 0 Å². The Morgan fingerprint density at radius 2 is 1.89 bits per heavy atom. The molecule has 1 aromatic heterocycles. The Bertz CT molecular complexity index is 719. The van der Waals surface area contributed by atoms with E-state index in [1.165, 1.54) is 0 Å². The number of nitrogens with two attached hydrogens (primary N) is 1. The quantitative estimate of drug-likeness (QED) is 0.729. The number of aromatic nitrogens is 2. The van der Waals surface area contributed by atoms with Crippen molar-refractivity contribution in [1.82, 2.24) is 9.55 Å². The summed E-state index contributed by atoms with van der Waals surface area (Å²) >= 11 is 3.57. The number of hydrogen-bond acceptors (Lipinski definition) is 2. The monoisotopic (exact) mass is 313 g/mol. The minimum Gasteiger partial charge on any atom is -0.399 e. The maximum atomic E-state index is 5.84. The lowest BCUT2D eigenvalue weighted by atomic mass is 10.1. The van der Waals surface area contributed by atoms with E-state index >= 15 is 0 Å². The number of rotatable bonds is 2. The normalized spacial score (nSPS) is 10.6. The van der Waals surface area contributed by atoms with Gasteiger partial charge in [-0.1, -0.05) is 40.2 Å². The third-order valence-electron chi connectivity index (χ3n) is 2.94. The van der Waals surface area contributed by atoms with Gasteiger partial charge in [-0.3, -0.25) is 4.57 Å². The topological polar surface area (TPSA) is 43.8 Å². The van der Waals surface area contributed by atoms with Gasteiger partial charge < -0.3 is 5.73 Å². The molecule has 0 saturated heterocycles. The van der Waals surface area contributed by atoms with Gasteiger partial charge in [0.05, 0.1) is 18.2 Å². The van der Waals surface area contributed by atoms with E-state index in [0.29, 0.717) is 0 Å². The lowest BCUT2D eigenvalue weighted by molar-refractivity contribution is 1.06. The van der Waals surface area contributed by atoms with E-state index in [2.05, 4.69) is 27.0 Å². The molecule has 3 aromatic rings. The van der Waals surface area contributed by atoms with Gasteiger partial charge in [0.1, 0.15) is 0 Å². The van der Waals surface area contributed by atoms with Gasteiger partial charge in [0.25, 0.3) is 0 Å². The summed E-state index contributed by atoms with van der Waals surface area (Å²) < 4.78 is 3.07. The standard InChI is InChI=1S/C15H12BrN3/c16-14-7-2-1-6-13(14)15-9-18-10-19(15)12-5-3-4-11(17)8-12/h1-10H,17H2. The predicted octanol–water partition coefficient (Wildman–Crippen LogP) is 3.88. The van der Waals surface area contributed by atoms with Crippen LogP contribution in [0.1, 0.15) is 0 Å². The van der Waals surface area contributed by atoms with E-state index in [1.54, 1.807) is 6.33 Å². The van der Waals surface area contributed by atoms with Gasteiger partial charge in [0, 0.05) is 21.4 Å². The van der Waals surface area contributed by atoms with Crippen LogP contribution in [0.25, 0.3) is 16.9 Å². The zero-order valence-electron chi connectivity index (χ0n) is 10.1. The molecule has 2 N–H and O–H groups in total. The molecule has 0 unspecified atom stereocenters. The first kappa shape index (κ1) is 12.0. The number of benzene rings is 2. The van der Waals surface area contributed by atoms with Crippen LogP contribution in [-0.2, 0) is 0 Å². The number of imidazole rings is 1. The minimum absolute atomic E-state index is 0.740. The van der Waals surface area contributed by atoms with Gasteiger partial charge >= 0.3 is 0 Å². The summed E-state index contributed by atoms with van der Waals surface area (Å²) in [7, 11) is 0. The zero-order chi connectivity index (χ0) is 13.2. The molecule has 0 fully saturated rings. The van der Waals surface area contributed by atoms with Crippen LogP contribution in [0.3, 0.4) is 0 Å². The highest BCUT2D eigenvalue weighted by molar-refractivity contribution is 9.10. The lowest BCUT2D eigenvalue weighted by Crippen LogP contribution is -1.96. The smallest absolute Gasteiger partial charge is 0.0997 e. The molecule has 0 aliphatic heterocycles. The number of hydrogen-bond donors (Lipinski definition) is 1. The average molecular weight is 314 g/mol. The van der Waals surface area contributed by atoms with E-state index < -0.39 is 0 Å². The second-order valence-electron chi connectivity index (χ2n) is 4.22. The van der Waals surface area contributed by atoms with Crippen molar-refractivity contribution in [2.24, 2.45) is 0 Å². The van der Waals surface area contributed by atoms with Crippen molar-refractivity contribution in [2.75, 3.05) is 5.73 Å². The van der Waals surface area contributed by atoms with Gasteiger partial charge in [0.2, 0.25) is 0 Å². The molecule has 4 heteroatoms. The van der Waals surface area contributed by atoms with E-state index in [9.17, 15) is 0 Å². The van der Waals surface area contributed by atoms with E-state index in [-0.39, 0.29) is 0 Å². The first-order valence-corrected chi connectivity index (χ1v) is 6.68. The fourth-order valence-corrected chi connectivity index (χ4v) is 2.53. The summed E-state index contributed by atoms with van der Waals surface area (Å²) in [6.07, 6.45) is 3.65. The first-order chi connectivity index (χ1) is 9.25. The lowest BCUT2D eigenvalue weighted by Gasteiger charge is -2.10. The molecule has 0 atom stereocenters. The molecule has 0 aliphatic rings. The summed E-state index contributed by atoms with van der Waals surface area (Å²) in [4.78, 5) is 4.25. The molecule has 3 nitrogen and oxygen atoms in total. The Hall–Kier alpha value is -2.07. The molecule has 1 heterocycles. The van der Waals surface area contributed by atoms with Crippen LogP contribution in [0.5, 0.6) is 0 Å². The van der Waals surface area contributed by atoms with Crippen molar-refractivity contribution in [3.05, 3.63) is 65.5 Å². The minimum atomic E-state index is 0.740. The van der Waals surface area contributed by atoms with Crippen LogP contribution in [0.2, 0.25) is 0 Å². The van der Waals surface area contributed by atoms with Crippen LogP contribution >= 0.6 is 15.9 Å². The highest BCUT2D eigenvalue weighted by Gasteiger charge is 2.09. The highest BCUT2D eigenvalue weighted by atomic mass is 79.9. The van der Waals surface area contributed by atoms with Crippen LogP contribution in [0, 0.1) is 0 Å².